The van der Waals surface area contributed by atoms with Crippen molar-refractivity contribution >= 4 is 23.2 Å². The number of hydrogen-bond donors (Lipinski definition) is 0. The summed E-state index contributed by atoms with van der Waals surface area (Å²) in [6.07, 6.45) is 1.78. The molecule has 0 saturated carbocycles. The van der Waals surface area contributed by atoms with E-state index in [1.54, 1.807) is 10.9 Å². The molecule has 0 bridgehead atoms. The summed E-state index contributed by atoms with van der Waals surface area (Å²) < 4.78 is 1.76. The molecule has 0 saturated heterocycles. The van der Waals surface area contributed by atoms with Gasteiger partial charge in [0.25, 0.3) is 0 Å². The summed E-state index contributed by atoms with van der Waals surface area (Å²) in [5.41, 5.74) is 0.755. The van der Waals surface area contributed by atoms with Crippen molar-refractivity contribution in [1.29, 1.82) is 0 Å². The summed E-state index contributed by atoms with van der Waals surface area (Å²) in [4.78, 5) is 0. The Balaban J connectivity index is 0.000000561. The van der Waals surface area contributed by atoms with Crippen molar-refractivity contribution in [2.24, 2.45) is 0 Å². The molecule has 1 heterocycles. The number of halogens is 2. The molecule has 0 amide bonds. The maximum atomic E-state index is 5.76. The Morgan fingerprint density at radius 3 is 2.33 bits per heavy atom. The first kappa shape index (κ1) is 11.8. The Kier molecular flexibility index (Phi) is 6.21. The van der Waals surface area contributed by atoms with Crippen molar-refractivity contribution in [1.82, 2.24) is 9.78 Å². The van der Waals surface area contributed by atoms with Crippen molar-refractivity contribution in [3.8, 4) is 0 Å². The van der Waals surface area contributed by atoms with Gasteiger partial charge >= 0.3 is 0 Å². The summed E-state index contributed by atoms with van der Waals surface area (Å²) in [6, 6.07) is 0. The zero-order valence-electron chi connectivity index (χ0n) is 7.64. The second-order valence-corrected chi connectivity index (χ2v) is 2.59. The normalized spacial score (nSPS) is 9.08. The topological polar surface area (TPSA) is 17.8 Å². The average molecular weight is 209 g/mol. The van der Waals surface area contributed by atoms with Crippen LogP contribution in [0.4, 0.5) is 0 Å². The Morgan fingerprint density at radius 1 is 1.50 bits per heavy atom. The molecule has 0 fully saturated rings. The molecule has 0 radical (unpaired) electrons. The highest BCUT2D eigenvalue weighted by Crippen LogP contribution is 2.15. The van der Waals surface area contributed by atoms with E-state index in [1.165, 1.54) is 0 Å². The first-order valence-electron chi connectivity index (χ1n) is 4.05. The lowest BCUT2D eigenvalue weighted by molar-refractivity contribution is 0.652. The van der Waals surface area contributed by atoms with Gasteiger partial charge < -0.3 is 0 Å². The van der Waals surface area contributed by atoms with Crippen LogP contribution in [0.5, 0.6) is 0 Å². The minimum atomic E-state index is 0.381. The van der Waals surface area contributed by atoms with Gasteiger partial charge in [-0.1, -0.05) is 25.4 Å². The van der Waals surface area contributed by atoms with Crippen LogP contribution in [-0.2, 0) is 12.4 Å². The number of aromatic nitrogens is 2. The van der Waals surface area contributed by atoms with Gasteiger partial charge in [-0.3, -0.25) is 4.68 Å². The molecule has 0 aromatic carbocycles. The van der Waals surface area contributed by atoms with Crippen LogP contribution in [0.3, 0.4) is 0 Å². The molecule has 0 aliphatic heterocycles. The summed E-state index contributed by atoms with van der Waals surface area (Å²) in [6.45, 7) is 6.83. The maximum Gasteiger partial charge on any atom is 0.0958 e. The molecule has 0 spiro atoms. The zero-order valence-corrected chi connectivity index (χ0v) is 9.15. The number of nitrogens with zero attached hydrogens (tertiary/aromatic N) is 2. The highest BCUT2D eigenvalue weighted by atomic mass is 35.5. The monoisotopic (exact) mass is 208 g/mol. The van der Waals surface area contributed by atoms with Crippen LogP contribution < -0.4 is 0 Å². The lowest BCUT2D eigenvalue weighted by Gasteiger charge is -1.89. The van der Waals surface area contributed by atoms with E-state index in [2.05, 4.69) is 5.10 Å². The van der Waals surface area contributed by atoms with Crippen molar-refractivity contribution in [2.75, 3.05) is 0 Å². The van der Waals surface area contributed by atoms with Gasteiger partial charge in [0.15, 0.2) is 0 Å². The largest absolute Gasteiger partial charge is 0.271 e. The fraction of sp³-hybridized carbons (Fsp3) is 0.625. The summed E-state index contributed by atoms with van der Waals surface area (Å²) in [7, 11) is 0. The third-order valence-corrected chi connectivity index (χ3v) is 1.81. The van der Waals surface area contributed by atoms with Gasteiger partial charge in [0, 0.05) is 12.7 Å². The summed E-state index contributed by atoms with van der Waals surface area (Å²) in [5.74, 6) is 0.381. The standard InChI is InChI=1S/C6H8Cl2N2.C2H6/c1-2-10-4-5(8)6(3-7)9-10;1-2/h4H,2-3H2,1H3;1-2H3. The van der Waals surface area contributed by atoms with Crippen LogP contribution >= 0.6 is 23.2 Å². The van der Waals surface area contributed by atoms with Crippen LogP contribution in [0.15, 0.2) is 6.20 Å². The molecule has 0 aliphatic rings. The fourth-order valence-corrected chi connectivity index (χ4v) is 1.17. The maximum absolute atomic E-state index is 5.76. The van der Waals surface area contributed by atoms with Gasteiger partial charge in [-0.05, 0) is 6.92 Å². The van der Waals surface area contributed by atoms with E-state index in [-0.39, 0.29) is 0 Å². The van der Waals surface area contributed by atoms with E-state index in [9.17, 15) is 0 Å². The van der Waals surface area contributed by atoms with E-state index in [4.69, 9.17) is 23.2 Å². The van der Waals surface area contributed by atoms with Crippen LogP contribution in [0.2, 0.25) is 5.02 Å². The minimum Gasteiger partial charge on any atom is -0.271 e. The van der Waals surface area contributed by atoms with Gasteiger partial charge in [-0.15, -0.1) is 11.6 Å². The lowest BCUT2D eigenvalue weighted by atomic mass is 10.5. The molecule has 0 atom stereocenters. The lowest BCUT2D eigenvalue weighted by Crippen LogP contribution is -1.94. The molecule has 1 aromatic rings. The molecule has 12 heavy (non-hydrogen) atoms. The van der Waals surface area contributed by atoms with Gasteiger partial charge in [-0.25, -0.2) is 0 Å². The third-order valence-electron chi connectivity index (χ3n) is 1.24. The van der Waals surface area contributed by atoms with Gasteiger partial charge in [0.2, 0.25) is 0 Å². The van der Waals surface area contributed by atoms with Gasteiger partial charge in [-0.2, -0.15) is 5.10 Å². The SMILES string of the molecule is CC.CCn1cc(Cl)c(CCl)n1. The Hall–Kier alpha value is -0.210. The molecule has 4 heteroatoms. The van der Waals surface area contributed by atoms with Crippen molar-refractivity contribution in [3.63, 3.8) is 0 Å². The second-order valence-electron chi connectivity index (χ2n) is 1.91. The zero-order chi connectivity index (χ0) is 9.56. The van der Waals surface area contributed by atoms with Crippen molar-refractivity contribution in [2.45, 2.75) is 33.2 Å². The van der Waals surface area contributed by atoms with Crippen LogP contribution in [-0.4, -0.2) is 9.78 Å². The van der Waals surface area contributed by atoms with E-state index in [0.717, 1.165) is 12.2 Å². The average Bonchev–Trinajstić information content (AvgIpc) is 2.49. The fourth-order valence-electron chi connectivity index (χ4n) is 0.690. The molecule has 1 rings (SSSR count). The molecule has 2 nitrogen and oxygen atoms in total. The third kappa shape index (κ3) is 3.03. The van der Waals surface area contributed by atoms with Crippen molar-refractivity contribution in [3.05, 3.63) is 16.9 Å². The summed E-state index contributed by atoms with van der Waals surface area (Å²) >= 11 is 11.3. The van der Waals surface area contributed by atoms with Crippen LogP contribution in [0.1, 0.15) is 26.5 Å². The predicted molar refractivity (Wildman–Crippen MR) is 53.8 cm³/mol. The molecular formula is C8H14Cl2N2. The van der Waals surface area contributed by atoms with Crippen LogP contribution in [0.25, 0.3) is 0 Å². The Bertz CT molecular complexity index is 221. The smallest absolute Gasteiger partial charge is 0.0958 e. The number of aryl methyl sites for hydroxylation is 1. The predicted octanol–water partition coefficient (Wildman–Crippen LogP) is 3.32. The molecule has 0 unspecified atom stereocenters. The number of hydrogen-bond acceptors (Lipinski definition) is 1. The second kappa shape index (κ2) is 6.32. The molecule has 0 aliphatic carbocycles. The highest BCUT2D eigenvalue weighted by Gasteiger charge is 2.02. The van der Waals surface area contributed by atoms with E-state index < -0.39 is 0 Å². The first-order chi connectivity index (χ1) is 5.77. The molecule has 70 valence electrons. The van der Waals surface area contributed by atoms with E-state index in [1.807, 2.05) is 20.8 Å². The Morgan fingerprint density at radius 2 is 2.08 bits per heavy atom. The molecule has 0 N–H and O–H groups in total. The van der Waals surface area contributed by atoms with E-state index in [0.29, 0.717) is 10.9 Å². The quantitative estimate of drug-likeness (QED) is 0.683. The molecular weight excluding hydrogens is 195 g/mol. The van der Waals surface area contributed by atoms with Gasteiger partial charge in [0.1, 0.15) is 0 Å². The molecule has 1 aromatic heterocycles. The highest BCUT2D eigenvalue weighted by molar-refractivity contribution is 6.32. The van der Waals surface area contributed by atoms with Crippen molar-refractivity contribution < 1.29 is 0 Å². The van der Waals surface area contributed by atoms with Crippen LogP contribution in [0, 0.1) is 0 Å². The number of rotatable bonds is 2. The van der Waals surface area contributed by atoms with Gasteiger partial charge in [0.05, 0.1) is 16.6 Å². The minimum absolute atomic E-state index is 0.381. The van der Waals surface area contributed by atoms with E-state index >= 15 is 0 Å². The summed E-state index contributed by atoms with van der Waals surface area (Å²) in [5, 5.41) is 4.75. The Labute approximate surface area is 83.5 Å². The number of alkyl halides is 1. The first-order valence-corrected chi connectivity index (χ1v) is 4.97.